The molecule has 0 saturated carbocycles. The zero-order chi connectivity index (χ0) is 14.5. The highest BCUT2D eigenvalue weighted by atomic mass is 16.2. The van der Waals surface area contributed by atoms with E-state index >= 15 is 0 Å². The van der Waals surface area contributed by atoms with Crippen LogP contribution in [-0.2, 0) is 4.79 Å². The van der Waals surface area contributed by atoms with Crippen molar-refractivity contribution in [1.82, 2.24) is 15.5 Å². The average Bonchev–Trinajstić information content (AvgIpc) is 2.37. The lowest BCUT2D eigenvalue weighted by Gasteiger charge is -2.20. The summed E-state index contributed by atoms with van der Waals surface area (Å²) in [6.07, 6.45) is 0. The molecular formula is C12H19N5O2. The molecule has 0 bridgehead atoms. The molecule has 0 saturated heterocycles. The van der Waals surface area contributed by atoms with Gasteiger partial charge in [0.25, 0.3) is 5.91 Å². The number of rotatable bonds is 6. The molecular weight excluding hydrogens is 246 g/mol. The third kappa shape index (κ3) is 4.20. The Hall–Kier alpha value is -2.18. The normalized spacial score (nSPS) is 10.9. The molecule has 1 aromatic rings. The summed E-state index contributed by atoms with van der Waals surface area (Å²) in [5.74, 6) is -0.247. The Morgan fingerprint density at radius 1 is 1.32 bits per heavy atom. The monoisotopic (exact) mass is 265 g/mol. The standard InChI is InChI=1S/C12H19N5O2/c1-4-14-9-6-5-8(16-17-9)10(18)15-7-12(2,3)11(13)19/h5-6H,4,7H2,1-3H3,(H2,13,19)(H,14,17)(H,15,18). The lowest BCUT2D eigenvalue weighted by molar-refractivity contribution is -0.125. The van der Waals surface area contributed by atoms with Crippen LogP contribution in [0.2, 0.25) is 0 Å². The second-order valence-electron chi connectivity index (χ2n) is 4.76. The molecule has 0 atom stereocenters. The van der Waals surface area contributed by atoms with E-state index in [9.17, 15) is 9.59 Å². The Labute approximate surface area is 112 Å². The highest BCUT2D eigenvalue weighted by Crippen LogP contribution is 2.12. The van der Waals surface area contributed by atoms with Crippen LogP contribution in [-0.4, -0.2) is 35.1 Å². The zero-order valence-corrected chi connectivity index (χ0v) is 11.4. The summed E-state index contributed by atoms with van der Waals surface area (Å²) in [5.41, 5.74) is 4.62. The van der Waals surface area contributed by atoms with Gasteiger partial charge in [-0.1, -0.05) is 0 Å². The number of carbonyl (C=O) groups is 2. The molecule has 1 rings (SSSR count). The summed E-state index contributed by atoms with van der Waals surface area (Å²) >= 11 is 0. The van der Waals surface area contributed by atoms with E-state index in [0.29, 0.717) is 5.82 Å². The number of nitrogens with zero attached hydrogens (tertiary/aromatic N) is 2. The average molecular weight is 265 g/mol. The van der Waals surface area contributed by atoms with Crippen LogP contribution in [0.1, 0.15) is 31.3 Å². The summed E-state index contributed by atoms with van der Waals surface area (Å²) in [6.45, 7) is 6.14. The number of carbonyl (C=O) groups excluding carboxylic acids is 2. The van der Waals surface area contributed by atoms with E-state index in [-0.39, 0.29) is 18.1 Å². The fourth-order valence-corrected chi connectivity index (χ4v) is 1.21. The highest BCUT2D eigenvalue weighted by molar-refractivity contribution is 5.92. The highest BCUT2D eigenvalue weighted by Gasteiger charge is 2.25. The Kier molecular flexibility index (Phi) is 4.80. The molecule has 2 amide bonds. The number of amides is 2. The van der Waals surface area contributed by atoms with Crippen LogP contribution in [0.5, 0.6) is 0 Å². The van der Waals surface area contributed by atoms with Gasteiger partial charge in [-0.05, 0) is 32.9 Å². The SMILES string of the molecule is CCNc1ccc(C(=O)NCC(C)(C)C(N)=O)nn1. The van der Waals surface area contributed by atoms with Gasteiger partial charge in [0.15, 0.2) is 5.69 Å². The first-order valence-electron chi connectivity index (χ1n) is 6.02. The van der Waals surface area contributed by atoms with E-state index < -0.39 is 11.3 Å². The summed E-state index contributed by atoms with van der Waals surface area (Å²) in [7, 11) is 0. The van der Waals surface area contributed by atoms with Gasteiger partial charge in [-0.15, -0.1) is 10.2 Å². The van der Waals surface area contributed by atoms with Gasteiger partial charge < -0.3 is 16.4 Å². The molecule has 0 radical (unpaired) electrons. The van der Waals surface area contributed by atoms with Crippen molar-refractivity contribution in [3.05, 3.63) is 17.8 Å². The van der Waals surface area contributed by atoms with Crippen molar-refractivity contribution >= 4 is 17.6 Å². The van der Waals surface area contributed by atoms with Crippen LogP contribution >= 0.6 is 0 Å². The van der Waals surface area contributed by atoms with Crippen LogP contribution in [0.4, 0.5) is 5.82 Å². The summed E-state index contributed by atoms with van der Waals surface area (Å²) in [5, 5.41) is 13.2. The molecule has 104 valence electrons. The Morgan fingerprint density at radius 3 is 2.47 bits per heavy atom. The predicted molar refractivity (Wildman–Crippen MR) is 71.5 cm³/mol. The van der Waals surface area contributed by atoms with Gasteiger partial charge in [0.1, 0.15) is 5.82 Å². The van der Waals surface area contributed by atoms with Crippen molar-refractivity contribution in [1.29, 1.82) is 0 Å². The van der Waals surface area contributed by atoms with Crippen molar-refractivity contribution in [2.45, 2.75) is 20.8 Å². The molecule has 19 heavy (non-hydrogen) atoms. The van der Waals surface area contributed by atoms with Gasteiger partial charge in [0.05, 0.1) is 5.41 Å². The number of anilines is 1. The minimum atomic E-state index is -0.799. The fraction of sp³-hybridized carbons (Fsp3) is 0.500. The number of nitrogens with one attached hydrogen (secondary N) is 2. The number of hydrogen-bond donors (Lipinski definition) is 3. The Morgan fingerprint density at radius 2 is 2.00 bits per heavy atom. The molecule has 0 unspecified atom stereocenters. The molecule has 1 aromatic heterocycles. The lowest BCUT2D eigenvalue weighted by atomic mass is 9.93. The summed E-state index contributed by atoms with van der Waals surface area (Å²) < 4.78 is 0. The second kappa shape index (κ2) is 6.12. The van der Waals surface area contributed by atoms with E-state index in [1.54, 1.807) is 26.0 Å². The first-order valence-corrected chi connectivity index (χ1v) is 6.02. The molecule has 0 aliphatic carbocycles. The molecule has 4 N–H and O–H groups in total. The van der Waals surface area contributed by atoms with Crippen molar-refractivity contribution in [2.75, 3.05) is 18.4 Å². The largest absolute Gasteiger partial charge is 0.369 e. The van der Waals surface area contributed by atoms with Crippen molar-refractivity contribution < 1.29 is 9.59 Å². The van der Waals surface area contributed by atoms with Gasteiger partial charge in [-0.2, -0.15) is 0 Å². The minimum Gasteiger partial charge on any atom is -0.369 e. The molecule has 0 fully saturated rings. The van der Waals surface area contributed by atoms with E-state index in [2.05, 4.69) is 20.8 Å². The first kappa shape index (κ1) is 14.9. The quantitative estimate of drug-likeness (QED) is 0.678. The molecule has 7 heteroatoms. The third-order valence-corrected chi connectivity index (χ3v) is 2.61. The molecule has 0 aliphatic rings. The second-order valence-corrected chi connectivity index (χ2v) is 4.76. The smallest absolute Gasteiger partial charge is 0.271 e. The maximum atomic E-state index is 11.8. The van der Waals surface area contributed by atoms with Gasteiger partial charge in [-0.3, -0.25) is 9.59 Å². The number of hydrogen-bond acceptors (Lipinski definition) is 5. The van der Waals surface area contributed by atoms with Gasteiger partial charge in [0.2, 0.25) is 5.91 Å². The lowest BCUT2D eigenvalue weighted by Crippen LogP contribution is -2.42. The summed E-state index contributed by atoms with van der Waals surface area (Å²) in [4.78, 5) is 22.9. The molecule has 0 aromatic carbocycles. The first-order chi connectivity index (χ1) is 8.86. The number of nitrogens with two attached hydrogens (primary N) is 1. The summed E-state index contributed by atoms with van der Waals surface area (Å²) in [6, 6.07) is 3.24. The van der Waals surface area contributed by atoms with Crippen LogP contribution in [0, 0.1) is 5.41 Å². The van der Waals surface area contributed by atoms with Crippen molar-refractivity contribution in [3.63, 3.8) is 0 Å². The maximum absolute atomic E-state index is 11.8. The fourth-order valence-electron chi connectivity index (χ4n) is 1.21. The topological polar surface area (TPSA) is 110 Å². The van der Waals surface area contributed by atoms with Gasteiger partial charge >= 0.3 is 0 Å². The predicted octanol–water partition coefficient (Wildman–Crippen LogP) is 0.150. The van der Waals surface area contributed by atoms with E-state index in [0.717, 1.165) is 6.54 Å². The molecule has 7 nitrogen and oxygen atoms in total. The van der Waals surface area contributed by atoms with Crippen LogP contribution in [0.15, 0.2) is 12.1 Å². The van der Waals surface area contributed by atoms with E-state index in [4.69, 9.17) is 5.73 Å². The molecule has 1 heterocycles. The van der Waals surface area contributed by atoms with Crippen LogP contribution in [0.3, 0.4) is 0 Å². The Bertz CT molecular complexity index is 456. The third-order valence-electron chi connectivity index (χ3n) is 2.61. The van der Waals surface area contributed by atoms with Crippen LogP contribution < -0.4 is 16.4 Å². The number of primary amides is 1. The van der Waals surface area contributed by atoms with Crippen LogP contribution in [0.25, 0.3) is 0 Å². The van der Waals surface area contributed by atoms with E-state index in [1.807, 2.05) is 6.92 Å². The van der Waals surface area contributed by atoms with Crippen molar-refractivity contribution in [2.24, 2.45) is 11.1 Å². The minimum absolute atomic E-state index is 0.151. The van der Waals surface area contributed by atoms with E-state index in [1.165, 1.54) is 0 Å². The zero-order valence-electron chi connectivity index (χ0n) is 11.4. The maximum Gasteiger partial charge on any atom is 0.271 e. The number of aromatic nitrogens is 2. The van der Waals surface area contributed by atoms with Gasteiger partial charge in [-0.25, -0.2) is 0 Å². The molecule has 0 aliphatic heterocycles. The Balaban J connectivity index is 2.61. The van der Waals surface area contributed by atoms with Gasteiger partial charge in [0, 0.05) is 13.1 Å². The van der Waals surface area contributed by atoms with Crippen molar-refractivity contribution in [3.8, 4) is 0 Å². The molecule has 0 spiro atoms.